The Morgan fingerprint density at radius 2 is 2.14 bits per heavy atom. The summed E-state index contributed by atoms with van der Waals surface area (Å²) in [6.07, 6.45) is 2.53. The highest BCUT2D eigenvalue weighted by molar-refractivity contribution is 14.0. The van der Waals surface area contributed by atoms with E-state index in [1.165, 1.54) is 6.07 Å². The second-order valence-electron chi connectivity index (χ2n) is 4.76. The van der Waals surface area contributed by atoms with E-state index in [1.54, 1.807) is 19.3 Å². The first-order chi connectivity index (χ1) is 10.2. The molecule has 0 aliphatic heterocycles. The van der Waals surface area contributed by atoms with Gasteiger partial charge >= 0.3 is 0 Å². The summed E-state index contributed by atoms with van der Waals surface area (Å²) in [7, 11) is 1.73. The fraction of sp³-hybridized carbons (Fsp3) is 0.333. The molecule has 0 aliphatic carbocycles. The first kappa shape index (κ1) is 18.4. The molecule has 22 heavy (non-hydrogen) atoms. The summed E-state index contributed by atoms with van der Waals surface area (Å²) in [6.45, 7) is 3.29. The quantitative estimate of drug-likeness (QED) is 0.398. The Balaban J connectivity index is 0.00000242. The van der Waals surface area contributed by atoms with E-state index >= 15 is 0 Å². The number of benzene rings is 1. The van der Waals surface area contributed by atoms with Gasteiger partial charge in [0.15, 0.2) is 5.96 Å². The lowest BCUT2D eigenvalue weighted by Crippen LogP contribution is -2.38. The maximum absolute atomic E-state index is 13.0. The van der Waals surface area contributed by atoms with Crippen LogP contribution < -0.4 is 10.6 Å². The van der Waals surface area contributed by atoms with Crippen molar-refractivity contribution >= 4 is 29.9 Å². The van der Waals surface area contributed by atoms with Crippen LogP contribution >= 0.6 is 24.0 Å². The van der Waals surface area contributed by atoms with E-state index < -0.39 is 0 Å². The number of nitrogens with one attached hydrogen (secondary N) is 3. The van der Waals surface area contributed by atoms with Crippen LogP contribution in [0.25, 0.3) is 0 Å². The Morgan fingerprint density at radius 1 is 1.32 bits per heavy atom. The molecule has 2 rings (SSSR count). The van der Waals surface area contributed by atoms with Crippen molar-refractivity contribution < 1.29 is 4.39 Å². The largest absolute Gasteiger partial charge is 0.356 e. The number of aliphatic imine (C=N–C) groups is 1. The van der Waals surface area contributed by atoms with Crippen molar-refractivity contribution in [1.82, 2.24) is 20.8 Å². The number of aryl methyl sites for hydroxylation is 1. The van der Waals surface area contributed by atoms with Gasteiger partial charge < -0.3 is 10.6 Å². The molecule has 0 aliphatic rings. The molecule has 1 aromatic carbocycles. The van der Waals surface area contributed by atoms with E-state index in [1.807, 2.05) is 19.1 Å². The Bertz CT molecular complexity index is 598. The van der Waals surface area contributed by atoms with Crippen LogP contribution in [-0.4, -0.2) is 29.7 Å². The van der Waals surface area contributed by atoms with E-state index in [4.69, 9.17) is 0 Å². The lowest BCUT2D eigenvalue weighted by molar-refractivity contribution is 0.625. The van der Waals surface area contributed by atoms with Crippen LogP contribution in [0.2, 0.25) is 0 Å². The number of hydrogen-bond acceptors (Lipinski definition) is 2. The third kappa shape index (κ3) is 5.63. The normalized spacial score (nSPS) is 11.0. The highest BCUT2D eigenvalue weighted by Gasteiger charge is 2.02. The second-order valence-corrected chi connectivity index (χ2v) is 4.76. The summed E-state index contributed by atoms with van der Waals surface area (Å²) in [5.41, 5.74) is 3.09. The van der Waals surface area contributed by atoms with Gasteiger partial charge in [-0.25, -0.2) is 4.39 Å². The smallest absolute Gasteiger partial charge is 0.191 e. The van der Waals surface area contributed by atoms with Crippen LogP contribution in [0.4, 0.5) is 4.39 Å². The molecule has 0 saturated heterocycles. The minimum absolute atomic E-state index is 0. The second kappa shape index (κ2) is 9.39. The number of guanidine groups is 1. The summed E-state index contributed by atoms with van der Waals surface area (Å²) in [5.74, 6) is 0.533. The third-order valence-electron chi connectivity index (χ3n) is 3.22. The van der Waals surface area contributed by atoms with Crippen LogP contribution in [0, 0.1) is 12.7 Å². The standard InChI is InChI=1S/C15H20FN5.HI/c1-11-9-13(16)4-3-12(11)5-7-18-15(17-2)19-10-14-6-8-20-21-14;/h3-4,6,8-9H,5,7,10H2,1-2H3,(H,20,21)(H2,17,18,19);1H. The average Bonchev–Trinajstić information content (AvgIpc) is 2.98. The summed E-state index contributed by atoms with van der Waals surface area (Å²) in [5, 5.41) is 13.2. The highest BCUT2D eigenvalue weighted by Crippen LogP contribution is 2.10. The van der Waals surface area contributed by atoms with Gasteiger partial charge in [0.25, 0.3) is 0 Å². The van der Waals surface area contributed by atoms with E-state index in [2.05, 4.69) is 25.8 Å². The van der Waals surface area contributed by atoms with E-state index in [-0.39, 0.29) is 29.8 Å². The van der Waals surface area contributed by atoms with Crippen molar-refractivity contribution in [2.24, 2.45) is 4.99 Å². The molecule has 0 saturated carbocycles. The van der Waals surface area contributed by atoms with Gasteiger partial charge in [0.1, 0.15) is 5.82 Å². The first-order valence-corrected chi connectivity index (χ1v) is 6.87. The molecule has 120 valence electrons. The predicted molar refractivity (Wildman–Crippen MR) is 97.0 cm³/mol. The number of aromatic amines is 1. The zero-order chi connectivity index (χ0) is 15.1. The first-order valence-electron chi connectivity index (χ1n) is 6.87. The van der Waals surface area contributed by atoms with Gasteiger partial charge in [-0.2, -0.15) is 5.10 Å². The average molecular weight is 417 g/mol. The van der Waals surface area contributed by atoms with Crippen molar-refractivity contribution in [2.75, 3.05) is 13.6 Å². The van der Waals surface area contributed by atoms with Crippen LogP contribution in [0.1, 0.15) is 16.8 Å². The maximum atomic E-state index is 13.0. The SMILES string of the molecule is CN=C(NCCc1ccc(F)cc1C)NCc1ccn[nH]1.I. The molecule has 0 atom stereocenters. The maximum Gasteiger partial charge on any atom is 0.191 e. The van der Waals surface area contributed by atoms with Crippen LogP contribution in [0.5, 0.6) is 0 Å². The van der Waals surface area contributed by atoms with E-state index in [0.29, 0.717) is 6.54 Å². The van der Waals surface area contributed by atoms with Crippen molar-refractivity contribution in [3.05, 3.63) is 53.1 Å². The number of aromatic nitrogens is 2. The van der Waals surface area contributed by atoms with Crippen LogP contribution in [-0.2, 0) is 13.0 Å². The van der Waals surface area contributed by atoms with Gasteiger partial charge in [0.2, 0.25) is 0 Å². The molecule has 0 radical (unpaired) electrons. The predicted octanol–water partition coefficient (Wildman–Crippen LogP) is 2.38. The summed E-state index contributed by atoms with van der Waals surface area (Å²) in [6, 6.07) is 6.78. The van der Waals surface area contributed by atoms with Gasteiger partial charge in [-0.05, 0) is 42.7 Å². The molecular formula is C15H21FIN5. The molecule has 1 heterocycles. The van der Waals surface area contributed by atoms with E-state index in [9.17, 15) is 4.39 Å². The van der Waals surface area contributed by atoms with Gasteiger partial charge in [-0.15, -0.1) is 24.0 Å². The molecule has 7 heteroatoms. The Morgan fingerprint density at radius 3 is 2.77 bits per heavy atom. The number of H-pyrrole nitrogens is 1. The molecule has 0 unspecified atom stereocenters. The topological polar surface area (TPSA) is 65.1 Å². The number of nitrogens with zero attached hydrogens (tertiary/aromatic N) is 2. The fourth-order valence-corrected chi connectivity index (χ4v) is 2.04. The minimum atomic E-state index is -0.193. The lowest BCUT2D eigenvalue weighted by Gasteiger charge is -2.12. The third-order valence-corrected chi connectivity index (χ3v) is 3.22. The molecular weight excluding hydrogens is 396 g/mol. The molecule has 0 spiro atoms. The summed E-state index contributed by atoms with van der Waals surface area (Å²) in [4.78, 5) is 4.16. The molecule has 3 N–H and O–H groups in total. The minimum Gasteiger partial charge on any atom is -0.356 e. The Kier molecular flexibility index (Phi) is 7.86. The van der Waals surface area contributed by atoms with Gasteiger partial charge in [-0.1, -0.05) is 6.07 Å². The van der Waals surface area contributed by atoms with Gasteiger partial charge in [0, 0.05) is 19.8 Å². The molecule has 1 aromatic heterocycles. The molecule has 0 fully saturated rings. The van der Waals surface area contributed by atoms with Gasteiger partial charge in [0.05, 0.1) is 12.2 Å². The Hall–Kier alpha value is -1.64. The number of rotatable bonds is 5. The van der Waals surface area contributed by atoms with Crippen molar-refractivity contribution in [3.8, 4) is 0 Å². The lowest BCUT2D eigenvalue weighted by atomic mass is 10.1. The summed E-state index contributed by atoms with van der Waals surface area (Å²) < 4.78 is 13.0. The van der Waals surface area contributed by atoms with Gasteiger partial charge in [-0.3, -0.25) is 10.1 Å². The molecule has 0 amide bonds. The number of hydrogen-bond donors (Lipinski definition) is 3. The molecule has 0 bridgehead atoms. The fourth-order valence-electron chi connectivity index (χ4n) is 2.04. The summed E-state index contributed by atoms with van der Waals surface area (Å²) >= 11 is 0. The highest BCUT2D eigenvalue weighted by atomic mass is 127. The van der Waals surface area contributed by atoms with Crippen molar-refractivity contribution in [2.45, 2.75) is 19.9 Å². The van der Waals surface area contributed by atoms with E-state index in [0.717, 1.165) is 35.7 Å². The zero-order valence-corrected chi connectivity index (χ0v) is 15.0. The van der Waals surface area contributed by atoms with Crippen LogP contribution in [0.15, 0.2) is 35.5 Å². The number of halogens is 2. The van der Waals surface area contributed by atoms with Crippen LogP contribution in [0.3, 0.4) is 0 Å². The van der Waals surface area contributed by atoms with Crippen molar-refractivity contribution in [3.63, 3.8) is 0 Å². The monoisotopic (exact) mass is 417 g/mol. The Labute approximate surface area is 146 Å². The zero-order valence-electron chi connectivity index (χ0n) is 12.7. The molecule has 5 nitrogen and oxygen atoms in total. The van der Waals surface area contributed by atoms with Crippen molar-refractivity contribution in [1.29, 1.82) is 0 Å². The molecule has 2 aromatic rings.